The lowest BCUT2D eigenvalue weighted by Crippen LogP contribution is -2.45. The number of rotatable bonds is 26. The summed E-state index contributed by atoms with van der Waals surface area (Å²) in [6, 6.07) is 23.1. The number of aryl methyl sites for hydroxylation is 3. The Morgan fingerprint density at radius 3 is 1.65 bits per heavy atom. The maximum Gasteiger partial charge on any atom is 0.417 e. The molecule has 1 saturated heterocycles. The Morgan fingerprint density at radius 2 is 1.14 bits per heavy atom. The van der Waals surface area contributed by atoms with Crippen molar-refractivity contribution < 1.29 is 61.9 Å². The lowest BCUT2D eigenvalue weighted by Gasteiger charge is -2.40. The third-order valence-electron chi connectivity index (χ3n) is 11.2. The van der Waals surface area contributed by atoms with E-state index in [9.17, 15) is 24.0 Å². The fourth-order valence-corrected chi connectivity index (χ4v) is 6.85. The Morgan fingerprint density at radius 1 is 0.635 bits per heavy atom. The van der Waals surface area contributed by atoms with Gasteiger partial charge in [-0.05, 0) is 79.0 Å². The molecule has 13 nitrogen and oxygen atoms in total. The summed E-state index contributed by atoms with van der Waals surface area (Å²) in [5, 5.41) is 0. The number of esters is 5. The molecule has 0 radical (unpaired) electrons. The maximum absolute atomic E-state index is 12.6. The summed E-state index contributed by atoms with van der Waals surface area (Å²) in [5.41, 5.74) is 4.83. The van der Waals surface area contributed by atoms with Crippen LogP contribution in [0.2, 0.25) is 0 Å². The van der Waals surface area contributed by atoms with Crippen LogP contribution >= 0.6 is 0 Å². The van der Waals surface area contributed by atoms with Crippen LogP contribution in [0, 0.1) is 10.8 Å². The molecule has 1 heterocycles. The highest BCUT2D eigenvalue weighted by molar-refractivity contribution is 6.30. The van der Waals surface area contributed by atoms with Gasteiger partial charge in [-0.3, -0.25) is 0 Å². The third kappa shape index (κ3) is 16.0. The highest BCUT2D eigenvalue weighted by atomic mass is 16.6. The highest BCUT2D eigenvalue weighted by Crippen LogP contribution is 2.34. The highest BCUT2D eigenvalue weighted by Gasteiger charge is 2.40. The molecule has 13 heteroatoms. The number of unbranched alkanes of at least 4 members (excludes halogenated alkanes) is 5. The lowest BCUT2D eigenvalue weighted by atomic mass is 9.84. The van der Waals surface area contributed by atoms with E-state index < -0.39 is 61.7 Å². The van der Waals surface area contributed by atoms with Gasteiger partial charge in [0.1, 0.15) is 37.6 Å². The topological polar surface area (TPSA) is 159 Å². The number of hydrogen-bond donors (Lipinski definition) is 0. The molecule has 63 heavy (non-hydrogen) atoms. The molecule has 3 aromatic rings. The van der Waals surface area contributed by atoms with Crippen molar-refractivity contribution in [2.75, 3.05) is 60.5 Å². The molecule has 0 bridgehead atoms. The summed E-state index contributed by atoms with van der Waals surface area (Å²) in [4.78, 5) is 61.3. The first kappa shape index (κ1) is 50.1. The van der Waals surface area contributed by atoms with Crippen LogP contribution < -0.4 is 4.74 Å². The molecule has 1 fully saturated rings. The third-order valence-corrected chi connectivity index (χ3v) is 11.2. The molecule has 0 unspecified atom stereocenters. The van der Waals surface area contributed by atoms with Gasteiger partial charge in [0, 0.05) is 16.6 Å². The zero-order valence-electron chi connectivity index (χ0n) is 37.6. The molecular formula is C50H64O13. The molecule has 1 aliphatic rings. The van der Waals surface area contributed by atoms with Crippen LogP contribution in [-0.2, 0) is 83.0 Å². The van der Waals surface area contributed by atoms with Crippen LogP contribution in [0.4, 0.5) is 0 Å². The normalized spacial score (nSPS) is 13.0. The van der Waals surface area contributed by atoms with E-state index in [4.69, 9.17) is 28.4 Å². The number of ether oxygens (including phenoxy) is 8. The van der Waals surface area contributed by atoms with Crippen LogP contribution in [0.5, 0.6) is 5.75 Å². The molecule has 4 rings (SSSR count). The molecular weight excluding hydrogens is 809 g/mol. The van der Waals surface area contributed by atoms with Gasteiger partial charge in [-0.2, -0.15) is 0 Å². The first-order valence-electron chi connectivity index (χ1n) is 21.8. The molecule has 0 saturated carbocycles. The van der Waals surface area contributed by atoms with E-state index in [0.717, 1.165) is 51.0 Å². The van der Waals surface area contributed by atoms with E-state index in [0.29, 0.717) is 31.1 Å². The first-order valence-corrected chi connectivity index (χ1v) is 21.8. The second-order valence-electron chi connectivity index (χ2n) is 16.5. The monoisotopic (exact) mass is 872 g/mol. The fourth-order valence-electron chi connectivity index (χ4n) is 6.85. The van der Waals surface area contributed by atoms with E-state index in [2.05, 4.69) is 78.4 Å². The number of carbonyl (C=O) groups excluding carboxylic acids is 5. The van der Waals surface area contributed by atoms with Crippen molar-refractivity contribution in [3.63, 3.8) is 0 Å². The largest absolute Gasteiger partial charge is 0.492 e. The van der Waals surface area contributed by atoms with E-state index in [1.54, 1.807) is 6.07 Å². The molecule has 342 valence electrons. The average molecular weight is 873 g/mol. The van der Waals surface area contributed by atoms with Gasteiger partial charge < -0.3 is 37.9 Å². The number of benzene rings is 3. The smallest absolute Gasteiger partial charge is 0.417 e. The van der Waals surface area contributed by atoms with Gasteiger partial charge in [0.2, 0.25) is 0 Å². The Hall–Kier alpha value is -5.53. The van der Waals surface area contributed by atoms with Crippen LogP contribution in [0.15, 0.2) is 78.9 Å². The Kier molecular flexibility index (Phi) is 20.3. The predicted molar refractivity (Wildman–Crippen MR) is 236 cm³/mol. The second kappa shape index (κ2) is 25.5. The molecule has 1 aliphatic heterocycles. The number of hydrogen-bond acceptors (Lipinski definition) is 13. The van der Waals surface area contributed by atoms with Gasteiger partial charge in [-0.1, -0.05) is 107 Å². The van der Waals surface area contributed by atoms with Gasteiger partial charge in [0.05, 0.1) is 40.6 Å². The summed E-state index contributed by atoms with van der Waals surface area (Å²) in [6.45, 7) is 8.95. The van der Waals surface area contributed by atoms with E-state index in [1.165, 1.54) is 62.1 Å². The van der Waals surface area contributed by atoms with Crippen molar-refractivity contribution in [2.24, 2.45) is 10.8 Å². The molecule has 0 aromatic heterocycles. The quantitative estimate of drug-likeness (QED) is 0.0252. The summed E-state index contributed by atoms with van der Waals surface area (Å²) >= 11 is 0. The van der Waals surface area contributed by atoms with Gasteiger partial charge in [0.25, 0.3) is 0 Å². The Labute approximate surface area is 371 Å². The van der Waals surface area contributed by atoms with Gasteiger partial charge in [0.15, 0.2) is 0 Å². The number of methoxy groups -OCH3 is 2. The van der Waals surface area contributed by atoms with Crippen molar-refractivity contribution in [2.45, 2.75) is 91.6 Å². The molecule has 0 aliphatic carbocycles. The summed E-state index contributed by atoms with van der Waals surface area (Å²) in [5.74, 6) is -5.70. The van der Waals surface area contributed by atoms with Crippen molar-refractivity contribution >= 4 is 29.8 Å². The molecule has 0 spiro atoms. The van der Waals surface area contributed by atoms with Crippen LogP contribution in [0.1, 0.15) is 88.0 Å². The van der Waals surface area contributed by atoms with E-state index in [1.807, 2.05) is 12.1 Å². The van der Waals surface area contributed by atoms with E-state index in [-0.39, 0.29) is 17.6 Å². The van der Waals surface area contributed by atoms with Crippen molar-refractivity contribution in [1.82, 2.24) is 0 Å². The standard InChI is InChI=1S/C50H64O13/c1-7-9-10-11-12-13-14-37-15-17-38(18-16-37)19-20-39-21-23-40(24-22-39)41-25-26-43(42(27-41)28-58-29-49(8-2)30-59-31-49)60-32-50(33-61-44(51)36(3)4,34-62-47(54)45(52)56-5)35-63-48(55)46(53)57-6/h15-18,21-27H,3,7-14,19-20,28-35H2,1-2,4-6H3. The van der Waals surface area contributed by atoms with E-state index >= 15 is 0 Å². The van der Waals surface area contributed by atoms with Gasteiger partial charge in [-0.15, -0.1) is 0 Å². The molecule has 0 amide bonds. The fraction of sp³-hybridized carbons (Fsp3) is 0.500. The van der Waals surface area contributed by atoms with Crippen molar-refractivity contribution in [1.29, 1.82) is 0 Å². The first-order chi connectivity index (χ1) is 30.3. The maximum atomic E-state index is 12.6. The minimum Gasteiger partial charge on any atom is -0.492 e. The lowest BCUT2D eigenvalue weighted by molar-refractivity contribution is -0.177. The van der Waals surface area contributed by atoms with Crippen LogP contribution in [0.3, 0.4) is 0 Å². The predicted octanol–water partition coefficient (Wildman–Crippen LogP) is 7.90. The SMILES string of the molecule is C=C(C)C(=O)OCC(COC(=O)C(=O)OC)(COC(=O)C(=O)OC)COc1ccc(-c2ccc(CCc3ccc(CCCCCCCC)cc3)cc2)cc1COCC1(CC)COC1. The summed E-state index contributed by atoms with van der Waals surface area (Å²) < 4.78 is 43.0. The van der Waals surface area contributed by atoms with Crippen LogP contribution in [0.25, 0.3) is 11.1 Å². The zero-order valence-corrected chi connectivity index (χ0v) is 37.6. The van der Waals surface area contributed by atoms with Gasteiger partial charge >= 0.3 is 29.8 Å². The molecule has 3 aromatic carbocycles. The molecule has 0 N–H and O–H groups in total. The Balaban J connectivity index is 1.54. The van der Waals surface area contributed by atoms with Gasteiger partial charge in [-0.25, -0.2) is 24.0 Å². The van der Waals surface area contributed by atoms with Crippen LogP contribution in [-0.4, -0.2) is 90.3 Å². The van der Waals surface area contributed by atoms with Crippen molar-refractivity contribution in [3.05, 3.63) is 101 Å². The summed E-state index contributed by atoms with van der Waals surface area (Å²) in [6.07, 6.45) is 11.6. The average Bonchev–Trinajstić information content (AvgIpc) is 3.29. The Bertz CT molecular complexity index is 1930. The number of carbonyl (C=O) groups is 5. The van der Waals surface area contributed by atoms with Crippen molar-refractivity contribution in [3.8, 4) is 16.9 Å². The minimum atomic E-state index is -1.64. The summed E-state index contributed by atoms with van der Waals surface area (Å²) in [7, 11) is 2.01. The molecule has 0 atom stereocenters. The second-order valence-corrected chi connectivity index (χ2v) is 16.5. The zero-order chi connectivity index (χ0) is 45.7. The minimum absolute atomic E-state index is 0.0661.